The topological polar surface area (TPSA) is 80.4 Å². The molecule has 22 heavy (non-hydrogen) atoms. The zero-order chi connectivity index (χ0) is 15.7. The maximum Gasteiger partial charge on any atom is 0.347 e. The number of aliphatic hydroxyl groups excluding tert-OH is 1. The first kappa shape index (κ1) is 14.2. The van der Waals surface area contributed by atoms with Gasteiger partial charge in [0.1, 0.15) is 5.56 Å². The maximum atomic E-state index is 12.5. The Kier molecular flexibility index (Phi) is 3.56. The lowest BCUT2D eigenvalue weighted by Crippen LogP contribution is -2.15. The van der Waals surface area contributed by atoms with Crippen LogP contribution in [0, 0.1) is 6.92 Å². The summed E-state index contributed by atoms with van der Waals surface area (Å²) in [4.78, 5) is 28.7. The van der Waals surface area contributed by atoms with Crippen molar-refractivity contribution in [2.45, 2.75) is 13.5 Å². The van der Waals surface area contributed by atoms with Gasteiger partial charge in [-0.2, -0.15) is 0 Å². The van der Waals surface area contributed by atoms with Gasteiger partial charge >= 0.3 is 5.63 Å². The van der Waals surface area contributed by atoms with E-state index in [-0.39, 0.29) is 12.2 Å². The number of nitrogens with zero attached hydrogens (tertiary/aromatic N) is 1. The van der Waals surface area contributed by atoms with Crippen molar-refractivity contribution in [3.05, 3.63) is 75.4 Å². The molecule has 3 aromatic rings. The van der Waals surface area contributed by atoms with E-state index in [1.165, 1.54) is 12.3 Å². The van der Waals surface area contributed by atoms with Crippen molar-refractivity contribution in [2.24, 2.45) is 0 Å². The first-order chi connectivity index (χ1) is 10.6. The molecule has 0 saturated heterocycles. The van der Waals surface area contributed by atoms with Crippen molar-refractivity contribution in [3.63, 3.8) is 0 Å². The standard InChI is InChI=1S/C17H13NO4/c1-10-16-13(12(9-19)8-18-10)7-14(17(21)22-16)15(20)11-5-3-2-4-6-11/h2-8,19H,9H2,1H3. The van der Waals surface area contributed by atoms with E-state index in [0.29, 0.717) is 27.8 Å². The van der Waals surface area contributed by atoms with Crippen molar-refractivity contribution in [2.75, 3.05) is 0 Å². The lowest BCUT2D eigenvalue weighted by molar-refractivity contribution is 0.103. The van der Waals surface area contributed by atoms with E-state index in [2.05, 4.69) is 4.98 Å². The Labute approximate surface area is 125 Å². The minimum Gasteiger partial charge on any atom is -0.420 e. The van der Waals surface area contributed by atoms with Crippen molar-refractivity contribution in [1.29, 1.82) is 0 Å². The number of hydrogen-bond donors (Lipinski definition) is 1. The second kappa shape index (κ2) is 5.54. The SMILES string of the molecule is Cc1ncc(CO)c2cc(C(=O)c3ccccc3)c(=O)oc12. The van der Waals surface area contributed by atoms with Gasteiger partial charge in [-0.25, -0.2) is 4.79 Å². The summed E-state index contributed by atoms with van der Waals surface area (Å²) in [6.07, 6.45) is 1.51. The van der Waals surface area contributed by atoms with Crippen LogP contribution in [-0.2, 0) is 6.61 Å². The zero-order valence-electron chi connectivity index (χ0n) is 11.9. The molecule has 0 bridgehead atoms. The number of pyridine rings is 1. The van der Waals surface area contributed by atoms with Crippen LogP contribution in [0.2, 0.25) is 0 Å². The third kappa shape index (κ3) is 2.31. The summed E-state index contributed by atoms with van der Waals surface area (Å²) in [6.45, 7) is 1.45. The Bertz CT molecular complexity index is 913. The summed E-state index contributed by atoms with van der Waals surface area (Å²) in [7, 11) is 0. The van der Waals surface area contributed by atoms with Gasteiger partial charge in [-0.3, -0.25) is 9.78 Å². The van der Waals surface area contributed by atoms with Crippen LogP contribution < -0.4 is 5.63 Å². The Morgan fingerprint density at radius 3 is 2.68 bits per heavy atom. The average Bonchev–Trinajstić information content (AvgIpc) is 2.55. The summed E-state index contributed by atoms with van der Waals surface area (Å²) in [5.41, 5.74) is 0.974. The lowest BCUT2D eigenvalue weighted by Gasteiger charge is -2.07. The molecule has 0 spiro atoms. The van der Waals surface area contributed by atoms with Gasteiger partial charge in [-0.15, -0.1) is 0 Å². The van der Waals surface area contributed by atoms with E-state index >= 15 is 0 Å². The molecule has 0 radical (unpaired) electrons. The van der Waals surface area contributed by atoms with Gasteiger partial charge in [0, 0.05) is 22.7 Å². The van der Waals surface area contributed by atoms with Gasteiger partial charge in [-0.05, 0) is 13.0 Å². The summed E-state index contributed by atoms with van der Waals surface area (Å²) < 4.78 is 5.26. The molecule has 0 amide bonds. The van der Waals surface area contributed by atoms with Crippen molar-refractivity contribution in [3.8, 4) is 0 Å². The van der Waals surface area contributed by atoms with E-state index in [4.69, 9.17) is 4.42 Å². The molecule has 3 rings (SSSR count). The Morgan fingerprint density at radius 1 is 1.27 bits per heavy atom. The van der Waals surface area contributed by atoms with Gasteiger partial charge in [0.2, 0.25) is 0 Å². The number of ketones is 1. The molecular formula is C17H13NO4. The monoisotopic (exact) mass is 295 g/mol. The number of benzene rings is 1. The van der Waals surface area contributed by atoms with Crippen LogP contribution >= 0.6 is 0 Å². The molecule has 2 heterocycles. The second-order valence-corrected chi connectivity index (χ2v) is 4.91. The van der Waals surface area contributed by atoms with Crippen LogP contribution in [0.1, 0.15) is 27.2 Å². The van der Waals surface area contributed by atoms with E-state index in [9.17, 15) is 14.7 Å². The molecule has 0 fully saturated rings. The lowest BCUT2D eigenvalue weighted by atomic mass is 10.0. The smallest absolute Gasteiger partial charge is 0.347 e. The molecule has 0 saturated carbocycles. The second-order valence-electron chi connectivity index (χ2n) is 4.91. The maximum absolute atomic E-state index is 12.5. The molecule has 2 aromatic heterocycles. The predicted octanol–water partition coefficient (Wildman–Crippen LogP) is 2.22. The Balaban J connectivity index is 2.25. The number of rotatable bonds is 3. The van der Waals surface area contributed by atoms with Gasteiger partial charge in [0.15, 0.2) is 11.4 Å². The van der Waals surface area contributed by atoms with Crippen LogP contribution in [0.15, 0.2) is 51.8 Å². The van der Waals surface area contributed by atoms with Crippen LogP contribution in [0.3, 0.4) is 0 Å². The largest absolute Gasteiger partial charge is 0.420 e. The number of aliphatic hydroxyl groups is 1. The minimum absolute atomic E-state index is 0.0565. The Hall–Kier alpha value is -2.79. The highest BCUT2D eigenvalue weighted by atomic mass is 16.4. The normalized spacial score (nSPS) is 10.8. The van der Waals surface area contributed by atoms with Crippen LogP contribution in [0.25, 0.3) is 11.0 Å². The molecular weight excluding hydrogens is 282 g/mol. The molecule has 0 atom stereocenters. The number of carbonyl (C=O) groups excluding carboxylic acids is 1. The van der Waals surface area contributed by atoms with E-state index in [0.717, 1.165) is 0 Å². The third-order valence-electron chi connectivity index (χ3n) is 3.49. The fourth-order valence-corrected chi connectivity index (χ4v) is 2.31. The highest BCUT2D eigenvalue weighted by molar-refractivity contribution is 6.10. The quantitative estimate of drug-likeness (QED) is 0.749. The molecule has 1 N–H and O–H groups in total. The van der Waals surface area contributed by atoms with Crippen molar-refractivity contribution >= 4 is 16.8 Å². The van der Waals surface area contributed by atoms with Gasteiger partial charge in [0.05, 0.1) is 12.3 Å². The Morgan fingerprint density at radius 2 is 2.00 bits per heavy atom. The van der Waals surface area contributed by atoms with E-state index in [1.54, 1.807) is 37.3 Å². The molecule has 1 aromatic carbocycles. The number of aryl methyl sites for hydroxylation is 1. The molecule has 0 aliphatic rings. The van der Waals surface area contributed by atoms with Gasteiger partial charge < -0.3 is 9.52 Å². The van der Waals surface area contributed by atoms with Crippen molar-refractivity contribution < 1.29 is 14.3 Å². The number of fused-ring (bicyclic) bond motifs is 1. The molecule has 5 nitrogen and oxygen atoms in total. The highest BCUT2D eigenvalue weighted by Crippen LogP contribution is 2.21. The first-order valence-corrected chi connectivity index (χ1v) is 6.74. The van der Waals surface area contributed by atoms with E-state index < -0.39 is 11.4 Å². The van der Waals surface area contributed by atoms with Gasteiger partial charge in [0.25, 0.3) is 0 Å². The highest BCUT2D eigenvalue weighted by Gasteiger charge is 2.17. The predicted molar refractivity (Wildman–Crippen MR) is 80.8 cm³/mol. The molecule has 0 aliphatic carbocycles. The van der Waals surface area contributed by atoms with Crippen LogP contribution in [-0.4, -0.2) is 15.9 Å². The van der Waals surface area contributed by atoms with Crippen LogP contribution in [0.5, 0.6) is 0 Å². The molecule has 0 unspecified atom stereocenters. The zero-order valence-corrected chi connectivity index (χ0v) is 11.9. The number of hydrogen-bond acceptors (Lipinski definition) is 5. The van der Waals surface area contributed by atoms with Crippen molar-refractivity contribution in [1.82, 2.24) is 4.98 Å². The minimum atomic E-state index is -0.707. The molecule has 110 valence electrons. The summed E-state index contributed by atoms with van der Waals surface area (Å²) in [5, 5.41) is 9.92. The average molecular weight is 295 g/mol. The first-order valence-electron chi connectivity index (χ1n) is 6.74. The molecule has 0 aliphatic heterocycles. The number of carbonyl (C=O) groups is 1. The van der Waals surface area contributed by atoms with Crippen LogP contribution in [0.4, 0.5) is 0 Å². The summed E-state index contributed by atoms with van der Waals surface area (Å²) in [6, 6.07) is 9.98. The fourth-order valence-electron chi connectivity index (χ4n) is 2.31. The summed E-state index contributed by atoms with van der Waals surface area (Å²) >= 11 is 0. The summed E-state index contributed by atoms with van der Waals surface area (Å²) in [5.74, 6) is -0.408. The molecule has 5 heteroatoms. The van der Waals surface area contributed by atoms with Gasteiger partial charge in [-0.1, -0.05) is 30.3 Å². The number of aromatic nitrogens is 1. The third-order valence-corrected chi connectivity index (χ3v) is 3.49. The fraction of sp³-hybridized carbons (Fsp3) is 0.118. The van der Waals surface area contributed by atoms with E-state index in [1.807, 2.05) is 0 Å².